The highest BCUT2D eigenvalue weighted by atomic mass is 16.3. The van der Waals surface area contributed by atoms with Crippen molar-refractivity contribution in [1.29, 1.82) is 0 Å². The lowest BCUT2D eigenvalue weighted by Gasteiger charge is -2.46. The van der Waals surface area contributed by atoms with Crippen molar-refractivity contribution in [3.05, 3.63) is 0 Å². The first-order valence-electron chi connectivity index (χ1n) is 6.41. The van der Waals surface area contributed by atoms with E-state index in [2.05, 4.69) is 5.32 Å². The zero-order valence-corrected chi connectivity index (χ0v) is 9.28. The maximum Gasteiger partial charge on any atom is 0.0830 e. The van der Waals surface area contributed by atoms with Gasteiger partial charge in [-0.25, -0.2) is 0 Å². The zero-order valence-electron chi connectivity index (χ0n) is 9.28. The minimum Gasteiger partial charge on any atom is -0.388 e. The number of rotatable bonds is 2. The summed E-state index contributed by atoms with van der Waals surface area (Å²) in [7, 11) is 0. The number of hydrogen-bond donors (Lipinski definition) is 3. The number of hydrogen-bond acceptors (Lipinski definition) is 3. The summed E-state index contributed by atoms with van der Waals surface area (Å²) in [4.78, 5) is 0. The SMILES string of the molecule is NC(C1CCC1)C1(O)CC2CCC(C1)N2. The Bertz CT molecular complexity index is 240. The predicted octanol–water partition coefficient (Wildman–Crippen LogP) is 0.759. The second-order valence-corrected chi connectivity index (χ2v) is 5.87. The summed E-state index contributed by atoms with van der Waals surface area (Å²) in [6.45, 7) is 0. The molecule has 86 valence electrons. The minimum atomic E-state index is -0.567. The quantitative estimate of drug-likeness (QED) is 0.630. The van der Waals surface area contributed by atoms with Crippen molar-refractivity contribution in [3.8, 4) is 0 Å². The fourth-order valence-electron chi connectivity index (χ4n) is 3.67. The van der Waals surface area contributed by atoms with Crippen LogP contribution in [0, 0.1) is 5.92 Å². The van der Waals surface area contributed by atoms with Crippen molar-refractivity contribution >= 4 is 0 Å². The summed E-state index contributed by atoms with van der Waals surface area (Å²) in [6, 6.07) is 1.08. The molecule has 3 atom stereocenters. The van der Waals surface area contributed by atoms with Gasteiger partial charge >= 0.3 is 0 Å². The molecule has 3 aliphatic rings. The van der Waals surface area contributed by atoms with Gasteiger partial charge in [0.2, 0.25) is 0 Å². The van der Waals surface area contributed by atoms with Gasteiger partial charge in [-0.05, 0) is 44.4 Å². The average Bonchev–Trinajstić information content (AvgIpc) is 2.43. The van der Waals surface area contributed by atoms with Crippen LogP contribution < -0.4 is 11.1 Å². The lowest BCUT2D eigenvalue weighted by molar-refractivity contribution is -0.0541. The van der Waals surface area contributed by atoms with Crippen LogP contribution in [0.4, 0.5) is 0 Å². The molecule has 0 aromatic heterocycles. The van der Waals surface area contributed by atoms with E-state index in [1.807, 2.05) is 0 Å². The van der Waals surface area contributed by atoms with Gasteiger partial charge in [-0.2, -0.15) is 0 Å². The number of aliphatic hydroxyl groups is 1. The van der Waals surface area contributed by atoms with Crippen LogP contribution in [-0.4, -0.2) is 28.8 Å². The van der Waals surface area contributed by atoms with E-state index < -0.39 is 5.60 Å². The van der Waals surface area contributed by atoms with Crippen LogP contribution in [0.3, 0.4) is 0 Å². The van der Waals surface area contributed by atoms with Crippen LogP contribution in [0.25, 0.3) is 0 Å². The predicted molar refractivity (Wildman–Crippen MR) is 59.4 cm³/mol. The average molecular weight is 210 g/mol. The van der Waals surface area contributed by atoms with Crippen molar-refractivity contribution in [1.82, 2.24) is 5.32 Å². The summed E-state index contributed by atoms with van der Waals surface area (Å²) in [6.07, 6.45) is 7.97. The van der Waals surface area contributed by atoms with E-state index in [0.717, 1.165) is 12.8 Å². The van der Waals surface area contributed by atoms with Gasteiger partial charge in [0.15, 0.2) is 0 Å². The van der Waals surface area contributed by atoms with Gasteiger partial charge in [0.1, 0.15) is 0 Å². The van der Waals surface area contributed by atoms with Crippen LogP contribution in [0.15, 0.2) is 0 Å². The molecule has 0 aromatic rings. The van der Waals surface area contributed by atoms with Gasteiger partial charge < -0.3 is 16.2 Å². The minimum absolute atomic E-state index is 0.0245. The maximum atomic E-state index is 10.7. The van der Waals surface area contributed by atoms with E-state index in [1.54, 1.807) is 0 Å². The Morgan fingerprint density at radius 2 is 1.73 bits per heavy atom. The third-order valence-corrected chi connectivity index (χ3v) is 4.81. The van der Waals surface area contributed by atoms with Crippen LogP contribution in [0.2, 0.25) is 0 Å². The third-order valence-electron chi connectivity index (χ3n) is 4.81. The van der Waals surface area contributed by atoms with E-state index >= 15 is 0 Å². The standard InChI is InChI=1S/C12H22N2O/c13-11(8-2-1-3-8)12(15)6-9-4-5-10(7-12)14-9/h8-11,14-15H,1-7,13H2. The fourth-order valence-corrected chi connectivity index (χ4v) is 3.67. The molecule has 3 heteroatoms. The third kappa shape index (κ3) is 1.61. The van der Waals surface area contributed by atoms with E-state index in [4.69, 9.17) is 5.73 Å². The van der Waals surface area contributed by atoms with Gasteiger partial charge in [-0.3, -0.25) is 0 Å². The first kappa shape index (κ1) is 10.1. The van der Waals surface area contributed by atoms with Crippen LogP contribution in [0.5, 0.6) is 0 Å². The zero-order chi connectivity index (χ0) is 10.5. The molecular formula is C12H22N2O. The Labute approximate surface area is 91.4 Å². The van der Waals surface area contributed by atoms with Crippen LogP contribution in [0.1, 0.15) is 44.9 Å². The van der Waals surface area contributed by atoms with Crippen molar-refractivity contribution in [2.45, 2.75) is 68.7 Å². The molecule has 0 spiro atoms. The van der Waals surface area contributed by atoms with Gasteiger partial charge in [0, 0.05) is 18.1 Å². The molecule has 15 heavy (non-hydrogen) atoms. The summed E-state index contributed by atoms with van der Waals surface area (Å²) in [5, 5.41) is 14.3. The molecular weight excluding hydrogens is 188 g/mol. The summed E-state index contributed by atoms with van der Waals surface area (Å²) < 4.78 is 0. The molecule has 3 unspecified atom stereocenters. The Hall–Kier alpha value is -0.120. The number of fused-ring (bicyclic) bond motifs is 2. The topological polar surface area (TPSA) is 58.3 Å². The van der Waals surface area contributed by atoms with Gasteiger partial charge in [0.05, 0.1) is 5.60 Å². The molecule has 4 N–H and O–H groups in total. The van der Waals surface area contributed by atoms with Crippen LogP contribution >= 0.6 is 0 Å². The molecule has 0 amide bonds. The first-order valence-corrected chi connectivity index (χ1v) is 6.41. The molecule has 2 heterocycles. The van der Waals surface area contributed by atoms with Crippen molar-refractivity contribution in [3.63, 3.8) is 0 Å². The number of piperidine rings is 1. The highest BCUT2D eigenvalue weighted by Gasteiger charge is 2.48. The molecule has 2 bridgehead atoms. The van der Waals surface area contributed by atoms with E-state index in [1.165, 1.54) is 32.1 Å². The van der Waals surface area contributed by atoms with Crippen molar-refractivity contribution in [2.75, 3.05) is 0 Å². The molecule has 1 saturated carbocycles. The van der Waals surface area contributed by atoms with Crippen LogP contribution in [-0.2, 0) is 0 Å². The largest absolute Gasteiger partial charge is 0.388 e. The monoisotopic (exact) mass is 210 g/mol. The molecule has 1 aliphatic carbocycles. The summed E-state index contributed by atoms with van der Waals surface area (Å²) in [5.41, 5.74) is 5.70. The Kier molecular flexibility index (Phi) is 2.31. The molecule has 2 aliphatic heterocycles. The summed E-state index contributed by atoms with van der Waals surface area (Å²) >= 11 is 0. The van der Waals surface area contributed by atoms with E-state index in [0.29, 0.717) is 18.0 Å². The highest BCUT2D eigenvalue weighted by molar-refractivity contribution is 5.06. The molecule has 0 radical (unpaired) electrons. The summed E-state index contributed by atoms with van der Waals surface area (Å²) in [5.74, 6) is 0.590. The molecule has 3 rings (SSSR count). The van der Waals surface area contributed by atoms with Gasteiger partial charge in [-0.15, -0.1) is 0 Å². The van der Waals surface area contributed by atoms with E-state index in [9.17, 15) is 5.11 Å². The number of nitrogens with one attached hydrogen (secondary N) is 1. The smallest absolute Gasteiger partial charge is 0.0830 e. The Morgan fingerprint density at radius 3 is 2.20 bits per heavy atom. The normalized spacial score (nSPS) is 47.6. The Balaban J connectivity index is 1.72. The molecule has 3 fully saturated rings. The van der Waals surface area contributed by atoms with Gasteiger partial charge in [0.25, 0.3) is 0 Å². The lowest BCUT2D eigenvalue weighted by atomic mass is 9.69. The first-order chi connectivity index (χ1) is 7.17. The highest BCUT2D eigenvalue weighted by Crippen LogP contribution is 2.41. The maximum absolute atomic E-state index is 10.7. The molecule has 3 nitrogen and oxygen atoms in total. The van der Waals surface area contributed by atoms with Crippen molar-refractivity contribution in [2.24, 2.45) is 11.7 Å². The number of nitrogens with two attached hydrogens (primary N) is 1. The van der Waals surface area contributed by atoms with E-state index in [-0.39, 0.29) is 6.04 Å². The second-order valence-electron chi connectivity index (χ2n) is 5.87. The second kappa shape index (κ2) is 3.44. The lowest BCUT2D eigenvalue weighted by Crippen LogP contribution is -2.60. The molecule has 0 aromatic carbocycles. The molecule has 2 saturated heterocycles. The Morgan fingerprint density at radius 1 is 1.13 bits per heavy atom. The van der Waals surface area contributed by atoms with Crippen molar-refractivity contribution < 1.29 is 5.11 Å². The van der Waals surface area contributed by atoms with Gasteiger partial charge in [-0.1, -0.05) is 6.42 Å². The fraction of sp³-hybridized carbons (Fsp3) is 1.00.